The summed E-state index contributed by atoms with van der Waals surface area (Å²) in [5.41, 5.74) is 0.301. The van der Waals surface area contributed by atoms with E-state index in [2.05, 4.69) is 10.1 Å². The number of rotatable bonds is 9. The van der Waals surface area contributed by atoms with Crippen LogP contribution in [0.1, 0.15) is 16.6 Å². The first-order valence-electron chi connectivity index (χ1n) is 8.01. The molecule has 1 heterocycles. The average molecular weight is 393 g/mol. The van der Waals surface area contributed by atoms with Gasteiger partial charge in [0.1, 0.15) is 4.88 Å². The third kappa shape index (κ3) is 6.00. The predicted molar refractivity (Wildman–Crippen MR) is 98.4 cm³/mol. The number of para-hydroxylation sites is 2. The monoisotopic (exact) mass is 393 g/mol. The highest BCUT2D eigenvalue weighted by Gasteiger charge is 2.16. The van der Waals surface area contributed by atoms with E-state index in [0.29, 0.717) is 23.8 Å². The van der Waals surface area contributed by atoms with Gasteiger partial charge in [0.05, 0.1) is 19.4 Å². The maximum atomic E-state index is 11.9. The third-order valence-electron chi connectivity index (χ3n) is 3.17. The van der Waals surface area contributed by atoms with Crippen LogP contribution >= 0.6 is 11.3 Å². The summed E-state index contributed by atoms with van der Waals surface area (Å²) in [5.74, 6) is -0.935. The normalized spacial score (nSPS) is 10.0. The van der Waals surface area contributed by atoms with E-state index in [9.17, 15) is 14.4 Å². The van der Waals surface area contributed by atoms with Crippen molar-refractivity contribution in [1.29, 1.82) is 0 Å². The Morgan fingerprint density at radius 1 is 1.04 bits per heavy atom. The van der Waals surface area contributed by atoms with Crippen molar-refractivity contribution >= 4 is 34.9 Å². The number of ether oxygens (including phenoxy) is 4. The molecule has 0 aliphatic carbocycles. The lowest BCUT2D eigenvalue weighted by Gasteiger charge is -2.11. The molecule has 1 aromatic heterocycles. The van der Waals surface area contributed by atoms with E-state index in [1.54, 1.807) is 35.7 Å². The lowest BCUT2D eigenvalue weighted by atomic mass is 10.3. The molecule has 27 heavy (non-hydrogen) atoms. The molecule has 0 fully saturated rings. The zero-order valence-electron chi connectivity index (χ0n) is 14.9. The fourth-order valence-corrected chi connectivity index (χ4v) is 2.78. The van der Waals surface area contributed by atoms with Crippen molar-refractivity contribution in [2.45, 2.75) is 6.92 Å². The summed E-state index contributed by atoms with van der Waals surface area (Å²) >= 11 is 1.13. The first-order valence-corrected chi connectivity index (χ1v) is 8.89. The molecule has 0 aliphatic rings. The Labute approximate surface area is 160 Å². The van der Waals surface area contributed by atoms with Gasteiger partial charge in [-0.3, -0.25) is 4.79 Å². The summed E-state index contributed by atoms with van der Waals surface area (Å²) in [6.45, 7) is 1.42. The minimum absolute atomic E-state index is 0.257. The standard InChI is InChI=1S/C18H19NO7S/c1-3-24-13-6-4-5-7-14(13)25-11-16(21)26-10-15(20)19-12-8-9-27-17(12)18(22)23-2/h4-9H,3,10-11H2,1-2H3,(H,19,20). The van der Waals surface area contributed by atoms with Crippen LogP contribution < -0.4 is 14.8 Å². The van der Waals surface area contributed by atoms with Gasteiger partial charge in [0.25, 0.3) is 5.91 Å². The van der Waals surface area contributed by atoms with Gasteiger partial charge in [-0.1, -0.05) is 12.1 Å². The molecule has 8 nitrogen and oxygen atoms in total. The highest BCUT2D eigenvalue weighted by atomic mass is 32.1. The van der Waals surface area contributed by atoms with Crippen LogP contribution in [0.15, 0.2) is 35.7 Å². The molecule has 0 aliphatic heterocycles. The van der Waals surface area contributed by atoms with Crippen LogP contribution in [0.3, 0.4) is 0 Å². The molecule has 2 aromatic rings. The average Bonchev–Trinajstić information content (AvgIpc) is 3.13. The number of carbonyl (C=O) groups is 3. The van der Waals surface area contributed by atoms with Crippen molar-refractivity contribution in [2.24, 2.45) is 0 Å². The highest BCUT2D eigenvalue weighted by Crippen LogP contribution is 2.26. The van der Waals surface area contributed by atoms with Gasteiger partial charge in [-0.15, -0.1) is 11.3 Å². The van der Waals surface area contributed by atoms with Crippen LogP contribution in [0.25, 0.3) is 0 Å². The van der Waals surface area contributed by atoms with Gasteiger partial charge in [0, 0.05) is 0 Å². The van der Waals surface area contributed by atoms with E-state index in [1.807, 2.05) is 6.92 Å². The van der Waals surface area contributed by atoms with Crippen LogP contribution in [0.4, 0.5) is 5.69 Å². The molecule has 0 unspecified atom stereocenters. The highest BCUT2D eigenvalue weighted by molar-refractivity contribution is 7.12. The van der Waals surface area contributed by atoms with Crippen LogP contribution in [0.2, 0.25) is 0 Å². The molecule has 2 rings (SSSR count). The number of amides is 1. The molecule has 144 valence electrons. The lowest BCUT2D eigenvalue weighted by Crippen LogP contribution is -2.24. The summed E-state index contributed by atoms with van der Waals surface area (Å²) in [6, 6.07) is 8.47. The number of benzene rings is 1. The van der Waals surface area contributed by atoms with Crippen LogP contribution in [-0.4, -0.2) is 44.8 Å². The number of hydrogen-bond donors (Lipinski definition) is 1. The fourth-order valence-electron chi connectivity index (χ4n) is 2.01. The summed E-state index contributed by atoms with van der Waals surface area (Å²) < 4.78 is 20.2. The predicted octanol–water partition coefficient (Wildman–Crippen LogP) is 2.49. The van der Waals surface area contributed by atoms with E-state index in [4.69, 9.17) is 14.2 Å². The second kappa shape index (κ2) is 10.2. The molecule has 1 N–H and O–H groups in total. The maximum Gasteiger partial charge on any atom is 0.350 e. The molecule has 0 bridgehead atoms. The maximum absolute atomic E-state index is 11.9. The van der Waals surface area contributed by atoms with E-state index < -0.39 is 24.5 Å². The molecule has 0 spiro atoms. The Balaban J connectivity index is 1.80. The SMILES string of the molecule is CCOc1ccccc1OCC(=O)OCC(=O)Nc1ccsc1C(=O)OC. The Bertz CT molecular complexity index is 803. The molecular formula is C18H19NO7S. The zero-order chi connectivity index (χ0) is 19.6. The molecule has 0 atom stereocenters. The third-order valence-corrected chi connectivity index (χ3v) is 4.06. The molecule has 0 saturated heterocycles. The second-order valence-electron chi connectivity index (χ2n) is 5.03. The van der Waals surface area contributed by atoms with Crippen molar-refractivity contribution < 1.29 is 33.3 Å². The van der Waals surface area contributed by atoms with Crippen LogP contribution in [-0.2, 0) is 19.1 Å². The lowest BCUT2D eigenvalue weighted by molar-refractivity contribution is -0.149. The molecule has 0 radical (unpaired) electrons. The first kappa shape index (κ1) is 20.2. The summed E-state index contributed by atoms with van der Waals surface area (Å²) in [4.78, 5) is 35.5. The van der Waals surface area contributed by atoms with Crippen molar-refractivity contribution in [3.63, 3.8) is 0 Å². The smallest absolute Gasteiger partial charge is 0.350 e. The van der Waals surface area contributed by atoms with Gasteiger partial charge in [0.2, 0.25) is 0 Å². The number of anilines is 1. The van der Waals surface area contributed by atoms with Crippen molar-refractivity contribution in [2.75, 3.05) is 32.2 Å². The first-order chi connectivity index (χ1) is 13.0. The van der Waals surface area contributed by atoms with E-state index in [1.165, 1.54) is 7.11 Å². The number of nitrogens with one attached hydrogen (secondary N) is 1. The molecule has 1 aromatic carbocycles. The largest absolute Gasteiger partial charge is 0.490 e. The molecular weight excluding hydrogens is 374 g/mol. The number of hydrogen-bond acceptors (Lipinski definition) is 8. The van der Waals surface area contributed by atoms with Gasteiger partial charge in [-0.25, -0.2) is 9.59 Å². The molecule has 9 heteroatoms. The number of thiophene rings is 1. The van der Waals surface area contributed by atoms with E-state index >= 15 is 0 Å². The van der Waals surface area contributed by atoms with Gasteiger partial charge in [-0.2, -0.15) is 0 Å². The number of methoxy groups -OCH3 is 1. The number of carbonyl (C=O) groups excluding carboxylic acids is 3. The van der Waals surface area contributed by atoms with Gasteiger partial charge >= 0.3 is 11.9 Å². The Kier molecular flexibility index (Phi) is 7.63. The minimum Gasteiger partial charge on any atom is -0.490 e. The van der Waals surface area contributed by atoms with Gasteiger partial charge < -0.3 is 24.3 Å². The summed E-state index contributed by atoms with van der Waals surface area (Å²) in [5, 5.41) is 4.13. The van der Waals surface area contributed by atoms with Crippen molar-refractivity contribution in [1.82, 2.24) is 0 Å². The Morgan fingerprint density at radius 3 is 2.41 bits per heavy atom. The Hall–Kier alpha value is -3.07. The number of esters is 2. The van der Waals surface area contributed by atoms with E-state index in [0.717, 1.165) is 11.3 Å². The minimum atomic E-state index is -0.713. The van der Waals surface area contributed by atoms with Gasteiger partial charge in [0.15, 0.2) is 24.7 Å². The van der Waals surface area contributed by atoms with Crippen LogP contribution in [0.5, 0.6) is 11.5 Å². The fraction of sp³-hybridized carbons (Fsp3) is 0.278. The van der Waals surface area contributed by atoms with Gasteiger partial charge in [-0.05, 0) is 30.5 Å². The van der Waals surface area contributed by atoms with Crippen LogP contribution in [0, 0.1) is 0 Å². The topological polar surface area (TPSA) is 100 Å². The summed E-state index contributed by atoms with van der Waals surface area (Å²) in [6.07, 6.45) is 0. The zero-order valence-corrected chi connectivity index (χ0v) is 15.7. The van der Waals surface area contributed by atoms with E-state index in [-0.39, 0.29) is 11.5 Å². The van der Waals surface area contributed by atoms with Crippen molar-refractivity contribution in [3.8, 4) is 11.5 Å². The summed E-state index contributed by atoms with van der Waals surface area (Å²) in [7, 11) is 1.25. The second-order valence-corrected chi connectivity index (χ2v) is 5.95. The Morgan fingerprint density at radius 2 is 1.74 bits per heavy atom. The molecule has 1 amide bonds. The van der Waals surface area contributed by atoms with Crippen molar-refractivity contribution in [3.05, 3.63) is 40.6 Å². The quantitative estimate of drug-likeness (QED) is 0.653. The molecule has 0 saturated carbocycles.